The molecule has 8 aromatic carbocycles. The van der Waals surface area contributed by atoms with Crippen molar-refractivity contribution in [3.63, 3.8) is 0 Å². The molecule has 56 heavy (non-hydrogen) atoms. The van der Waals surface area contributed by atoms with Gasteiger partial charge in [0.1, 0.15) is 0 Å². The molecular weight excluding hydrogens is 697 g/mol. The smallest absolute Gasteiger partial charge is 0.160 e. The lowest BCUT2D eigenvalue weighted by Gasteiger charge is -2.34. The predicted octanol–water partition coefficient (Wildman–Crippen LogP) is 13.9. The molecule has 10 aromatic rings. The van der Waals surface area contributed by atoms with Crippen LogP contribution in [0.25, 0.3) is 76.3 Å². The minimum atomic E-state index is -0.452. The number of thiophene rings is 1. The number of hydrogen-bond donors (Lipinski definition) is 0. The van der Waals surface area contributed by atoms with Crippen LogP contribution in [0.1, 0.15) is 22.3 Å². The van der Waals surface area contributed by atoms with Gasteiger partial charge in [-0.2, -0.15) is 0 Å². The van der Waals surface area contributed by atoms with Crippen molar-refractivity contribution < 1.29 is 0 Å². The second-order valence-corrected chi connectivity index (χ2v) is 15.6. The van der Waals surface area contributed by atoms with Crippen LogP contribution in [0, 0.1) is 0 Å². The zero-order chi connectivity index (χ0) is 37.1. The van der Waals surface area contributed by atoms with E-state index in [0.717, 1.165) is 33.6 Å². The first-order chi connectivity index (χ1) is 27.8. The van der Waals surface area contributed by atoms with E-state index in [1.54, 1.807) is 0 Å². The molecule has 0 aliphatic heterocycles. The molecule has 2 heterocycles. The van der Waals surface area contributed by atoms with Gasteiger partial charge in [-0.3, -0.25) is 0 Å². The zero-order valence-electron chi connectivity index (χ0n) is 30.4. The molecule has 262 valence electrons. The quantitative estimate of drug-likeness (QED) is 0.170. The molecule has 0 saturated carbocycles. The number of aromatic nitrogens is 2. The van der Waals surface area contributed by atoms with Crippen molar-refractivity contribution in [2.75, 3.05) is 0 Å². The Balaban J connectivity index is 1.07. The molecule has 0 amide bonds. The van der Waals surface area contributed by atoms with E-state index < -0.39 is 5.41 Å². The highest BCUT2D eigenvalue weighted by molar-refractivity contribution is 7.25. The maximum absolute atomic E-state index is 5.26. The summed E-state index contributed by atoms with van der Waals surface area (Å²) in [5.41, 5.74) is 14.4. The Hall–Kier alpha value is -6.94. The highest BCUT2D eigenvalue weighted by atomic mass is 32.1. The maximum Gasteiger partial charge on any atom is 0.160 e. The molecule has 0 spiro atoms. The minimum absolute atomic E-state index is 0.452. The van der Waals surface area contributed by atoms with Crippen molar-refractivity contribution in [2.45, 2.75) is 5.41 Å². The number of fused-ring (bicyclic) bond motifs is 6. The highest BCUT2D eigenvalue weighted by Gasteiger charge is 2.45. The molecular formula is C53H34N2S. The van der Waals surface area contributed by atoms with Crippen molar-refractivity contribution in [3.05, 3.63) is 229 Å². The molecule has 0 N–H and O–H groups in total. The van der Waals surface area contributed by atoms with Gasteiger partial charge in [0.15, 0.2) is 5.82 Å². The van der Waals surface area contributed by atoms with Gasteiger partial charge in [-0.1, -0.05) is 182 Å². The van der Waals surface area contributed by atoms with Gasteiger partial charge in [-0.15, -0.1) is 11.3 Å². The van der Waals surface area contributed by atoms with Crippen LogP contribution in [-0.4, -0.2) is 9.97 Å². The van der Waals surface area contributed by atoms with E-state index in [4.69, 9.17) is 9.97 Å². The predicted molar refractivity (Wildman–Crippen MR) is 234 cm³/mol. The summed E-state index contributed by atoms with van der Waals surface area (Å²) < 4.78 is 2.60. The summed E-state index contributed by atoms with van der Waals surface area (Å²) in [5.74, 6) is 0.704. The lowest BCUT2D eigenvalue weighted by atomic mass is 9.67. The molecule has 0 atom stereocenters. The van der Waals surface area contributed by atoms with E-state index in [9.17, 15) is 0 Å². The zero-order valence-corrected chi connectivity index (χ0v) is 31.2. The highest BCUT2D eigenvalue weighted by Crippen LogP contribution is 2.56. The van der Waals surface area contributed by atoms with E-state index in [-0.39, 0.29) is 0 Å². The van der Waals surface area contributed by atoms with Gasteiger partial charge in [0.25, 0.3) is 0 Å². The molecule has 1 aliphatic rings. The van der Waals surface area contributed by atoms with Crippen molar-refractivity contribution in [3.8, 4) is 56.2 Å². The Morgan fingerprint density at radius 3 is 1.61 bits per heavy atom. The number of benzene rings is 8. The SMILES string of the molecule is c1ccc(-c2nc(-c3ccc(C4(c5ccccc5)c5ccccc5-c5ccccc54)cc3)cc(-c3ccccc3-c3ccc4sc5ccccc5c4c3)n2)cc1. The van der Waals surface area contributed by atoms with Crippen LogP contribution in [0.4, 0.5) is 0 Å². The van der Waals surface area contributed by atoms with Crippen molar-refractivity contribution in [1.29, 1.82) is 0 Å². The van der Waals surface area contributed by atoms with Crippen LogP contribution >= 0.6 is 11.3 Å². The standard InChI is InChI=1S/C53H34N2S/c1-3-15-36(16-4-1)52-54-48(34-49(55-52)43-22-8-7-19-40(43)37-29-32-51-45(33-37)44-23-11-14-26-50(44)56-51)35-27-30-39(31-28-35)53(38-17-5-2-6-18-38)46-24-12-9-20-41(46)42-21-10-13-25-47(42)53/h1-34H. The largest absolute Gasteiger partial charge is 0.228 e. The molecule has 0 bridgehead atoms. The van der Waals surface area contributed by atoms with E-state index in [2.05, 4.69) is 200 Å². The lowest BCUT2D eigenvalue weighted by Crippen LogP contribution is -2.28. The minimum Gasteiger partial charge on any atom is -0.228 e. The van der Waals surface area contributed by atoms with Gasteiger partial charge in [-0.05, 0) is 68.8 Å². The topological polar surface area (TPSA) is 25.8 Å². The summed E-state index contributed by atoms with van der Waals surface area (Å²) >= 11 is 1.85. The fourth-order valence-electron chi connectivity index (χ4n) is 8.90. The Morgan fingerprint density at radius 1 is 0.339 bits per heavy atom. The Kier molecular flexibility index (Phi) is 7.61. The van der Waals surface area contributed by atoms with E-state index in [1.807, 2.05) is 17.4 Å². The van der Waals surface area contributed by atoms with Crippen molar-refractivity contribution in [2.24, 2.45) is 0 Å². The summed E-state index contributed by atoms with van der Waals surface area (Å²) in [6.45, 7) is 0. The van der Waals surface area contributed by atoms with Crippen molar-refractivity contribution in [1.82, 2.24) is 9.97 Å². The Morgan fingerprint density at radius 2 is 0.875 bits per heavy atom. The molecule has 0 saturated heterocycles. The van der Waals surface area contributed by atoms with E-state index in [0.29, 0.717) is 5.82 Å². The first-order valence-electron chi connectivity index (χ1n) is 19.1. The molecule has 1 aliphatic carbocycles. The van der Waals surface area contributed by atoms with Crippen LogP contribution in [0.15, 0.2) is 206 Å². The molecule has 2 aromatic heterocycles. The molecule has 11 rings (SSSR count). The van der Waals surface area contributed by atoms with Gasteiger partial charge in [0.2, 0.25) is 0 Å². The molecule has 2 nitrogen and oxygen atoms in total. The monoisotopic (exact) mass is 730 g/mol. The normalized spacial score (nSPS) is 12.8. The third kappa shape index (κ3) is 5.09. The lowest BCUT2D eigenvalue weighted by molar-refractivity contribution is 0.768. The Labute approximate surface area is 330 Å². The third-order valence-corrected chi connectivity index (χ3v) is 12.6. The first kappa shape index (κ1) is 32.5. The summed E-state index contributed by atoms with van der Waals surface area (Å²) in [7, 11) is 0. The summed E-state index contributed by atoms with van der Waals surface area (Å²) in [4.78, 5) is 10.5. The van der Waals surface area contributed by atoms with Gasteiger partial charge in [0, 0.05) is 36.9 Å². The van der Waals surface area contributed by atoms with Gasteiger partial charge < -0.3 is 0 Å². The van der Waals surface area contributed by atoms with E-state index in [1.165, 1.54) is 59.1 Å². The average Bonchev–Trinajstić information content (AvgIpc) is 3.80. The van der Waals surface area contributed by atoms with Gasteiger partial charge >= 0.3 is 0 Å². The summed E-state index contributed by atoms with van der Waals surface area (Å²) in [6.07, 6.45) is 0. The van der Waals surface area contributed by atoms with Crippen LogP contribution < -0.4 is 0 Å². The van der Waals surface area contributed by atoms with Crippen LogP contribution in [0.2, 0.25) is 0 Å². The molecule has 0 fully saturated rings. The number of rotatable bonds is 6. The van der Waals surface area contributed by atoms with E-state index >= 15 is 0 Å². The average molecular weight is 731 g/mol. The summed E-state index contributed by atoms with van der Waals surface area (Å²) in [6, 6.07) is 74.4. The van der Waals surface area contributed by atoms with Crippen molar-refractivity contribution >= 4 is 31.5 Å². The van der Waals surface area contributed by atoms with Gasteiger partial charge in [-0.25, -0.2) is 9.97 Å². The van der Waals surface area contributed by atoms with Crippen LogP contribution in [0.5, 0.6) is 0 Å². The van der Waals surface area contributed by atoms with Crippen LogP contribution in [0.3, 0.4) is 0 Å². The fraction of sp³-hybridized carbons (Fsp3) is 0.0189. The molecule has 0 radical (unpaired) electrons. The fourth-order valence-corrected chi connectivity index (χ4v) is 9.99. The second kappa shape index (κ2) is 13.1. The molecule has 3 heteroatoms. The molecule has 0 unspecified atom stereocenters. The maximum atomic E-state index is 5.26. The van der Waals surface area contributed by atoms with Crippen LogP contribution in [-0.2, 0) is 5.41 Å². The second-order valence-electron chi connectivity index (χ2n) is 14.5. The first-order valence-corrected chi connectivity index (χ1v) is 19.9. The summed E-state index contributed by atoms with van der Waals surface area (Å²) in [5, 5.41) is 2.58. The number of nitrogens with zero attached hydrogens (tertiary/aromatic N) is 2. The van der Waals surface area contributed by atoms with Gasteiger partial charge in [0.05, 0.1) is 16.8 Å². The Bertz CT molecular complexity index is 3030. The number of hydrogen-bond acceptors (Lipinski definition) is 3. The third-order valence-electron chi connectivity index (χ3n) is 11.4.